The van der Waals surface area contributed by atoms with E-state index in [-0.39, 0.29) is 11.5 Å². The first-order valence-corrected chi connectivity index (χ1v) is 10.5. The van der Waals surface area contributed by atoms with Gasteiger partial charge in [-0.05, 0) is 42.7 Å². The number of carbonyl (C=O) groups is 1. The van der Waals surface area contributed by atoms with Gasteiger partial charge in [-0.25, -0.2) is 4.98 Å². The molecule has 0 bridgehead atoms. The molecule has 6 heteroatoms. The van der Waals surface area contributed by atoms with Crippen LogP contribution in [0.1, 0.15) is 37.2 Å². The van der Waals surface area contributed by atoms with Crippen molar-refractivity contribution in [1.82, 2.24) is 14.5 Å². The second-order valence-electron chi connectivity index (χ2n) is 7.82. The van der Waals surface area contributed by atoms with Crippen molar-refractivity contribution in [3.05, 3.63) is 70.8 Å². The molecule has 156 valence electrons. The standard InChI is InChI=1S/C24H27N3O3/c1-30-20-11-9-18(10-12-20)19-6-4-5-14-26(16-19)23(28)13-15-27-17-25-22-8-3-2-7-21(22)24(27)29/h2-3,7-12,17,19H,4-6,13-16H2,1H3. The molecule has 0 spiro atoms. The van der Waals surface area contributed by atoms with Crippen molar-refractivity contribution in [3.63, 3.8) is 0 Å². The van der Waals surface area contributed by atoms with Crippen molar-refractivity contribution in [2.24, 2.45) is 0 Å². The molecule has 6 nitrogen and oxygen atoms in total. The van der Waals surface area contributed by atoms with Crippen LogP contribution in [0.3, 0.4) is 0 Å². The maximum Gasteiger partial charge on any atom is 0.261 e. The van der Waals surface area contributed by atoms with Crippen molar-refractivity contribution >= 4 is 16.8 Å². The van der Waals surface area contributed by atoms with E-state index in [2.05, 4.69) is 17.1 Å². The highest BCUT2D eigenvalue weighted by molar-refractivity contribution is 5.77. The van der Waals surface area contributed by atoms with Crippen molar-refractivity contribution in [2.45, 2.75) is 38.1 Å². The highest BCUT2D eigenvalue weighted by Crippen LogP contribution is 2.28. The van der Waals surface area contributed by atoms with E-state index in [1.54, 1.807) is 24.1 Å². The van der Waals surface area contributed by atoms with E-state index in [9.17, 15) is 9.59 Å². The summed E-state index contributed by atoms with van der Waals surface area (Å²) < 4.78 is 6.79. The van der Waals surface area contributed by atoms with Crippen molar-refractivity contribution in [1.29, 1.82) is 0 Å². The number of rotatable bonds is 5. The summed E-state index contributed by atoms with van der Waals surface area (Å²) in [7, 11) is 1.66. The third kappa shape index (κ3) is 4.37. The van der Waals surface area contributed by atoms with Crippen molar-refractivity contribution in [2.75, 3.05) is 20.2 Å². The van der Waals surface area contributed by atoms with Gasteiger partial charge in [0.05, 0.1) is 24.3 Å². The molecule has 2 aromatic carbocycles. The van der Waals surface area contributed by atoms with Gasteiger partial charge in [-0.2, -0.15) is 0 Å². The molecule has 0 aliphatic carbocycles. The van der Waals surface area contributed by atoms with Crippen LogP contribution in [0.15, 0.2) is 59.7 Å². The van der Waals surface area contributed by atoms with E-state index in [0.717, 1.165) is 38.1 Å². The van der Waals surface area contributed by atoms with Crippen molar-refractivity contribution in [3.8, 4) is 5.75 Å². The van der Waals surface area contributed by atoms with Crippen LogP contribution < -0.4 is 10.3 Å². The Morgan fingerprint density at radius 1 is 1.13 bits per heavy atom. The first kappa shape index (κ1) is 20.1. The number of hydrogen-bond acceptors (Lipinski definition) is 4. The Labute approximate surface area is 176 Å². The molecule has 1 saturated heterocycles. The summed E-state index contributed by atoms with van der Waals surface area (Å²) in [5.41, 5.74) is 1.82. The molecule has 1 atom stereocenters. The summed E-state index contributed by atoms with van der Waals surface area (Å²) in [4.78, 5) is 31.9. The Kier molecular flexibility index (Phi) is 6.12. The van der Waals surface area contributed by atoms with Gasteiger partial charge in [0.15, 0.2) is 0 Å². The highest BCUT2D eigenvalue weighted by atomic mass is 16.5. The largest absolute Gasteiger partial charge is 0.497 e. The molecular formula is C24H27N3O3. The molecule has 1 amide bonds. The predicted octanol–water partition coefficient (Wildman–Crippen LogP) is 3.59. The fourth-order valence-corrected chi connectivity index (χ4v) is 4.16. The minimum atomic E-state index is -0.0969. The second kappa shape index (κ2) is 9.11. The first-order valence-electron chi connectivity index (χ1n) is 10.5. The van der Waals surface area contributed by atoms with Crippen LogP contribution in [-0.2, 0) is 11.3 Å². The molecule has 3 aromatic rings. The fourth-order valence-electron chi connectivity index (χ4n) is 4.16. The Morgan fingerprint density at radius 2 is 1.93 bits per heavy atom. The number of likely N-dealkylation sites (tertiary alicyclic amines) is 1. The number of nitrogens with zero attached hydrogens (tertiary/aromatic N) is 3. The lowest BCUT2D eigenvalue weighted by Gasteiger charge is -2.25. The van der Waals surface area contributed by atoms with Gasteiger partial charge < -0.3 is 9.64 Å². The molecular weight excluding hydrogens is 378 g/mol. The summed E-state index contributed by atoms with van der Waals surface area (Å²) >= 11 is 0. The topological polar surface area (TPSA) is 64.4 Å². The van der Waals surface area contributed by atoms with Crippen LogP contribution in [-0.4, -0.2) is 40.6 Å². The van der Waals surface area contributed by atoms with Gasteiger partial charge in [-0.15, -0.1) is 0 Å². The maximum atomic E-state index is 12.9. The lowest BCUT2D eigenvalue weighted by Crippen LogP contribution is -2.35. The third-order valence-electron chi connectivity index (χ3n) is 5.91. The molecule has 30 heavy (non-hydrogen) atoms. The van der Waals surface area contributed by atoms with E-state index >= 15 is 0 Å². The number of amides is 1. The summed E-state index contributed by atoms with van der Waals surface area (Å²) in [6.07, 6.45) is 5.03. The lowest BCUT2D eigenvalue weighted by molar-refractivity contribution is -0.131. The average molecular weight is 405 g/mol. The number of para-hydroxylation sites is 1. The Bertz CT molecular complexity index is 1070. The number of hydrogen-bond donors (Lipinski definition) is 0. The fraction of sp³-hybridized carbons (Fsp3) is 0.375. The lowest BCUT2D eigenvalue weighted by atomic mass is 9.94. The summed E-state index contributed by atoms with van der Waals surface area (Å²) in [6.45, 7) is 1.84. The normalized spacial score (nSPS) is 17.0. The highest BCUT2D eigenvalue weighted by Gasteiger charge is 2.23. The maximum absolute atomic E-state index is 12.9. The number of benzene rings is 2. The molecule has 1 unspecified atom stereocenters. The Balaban J connectivity index is 1.43. The quantitative estimate of drug-likeness (QED) is 0.651. The summed E-state index contributed by atoms with van der Waals surface area (Å²) in [6, 6.07) is 15.4. The van der Waals surface area contributed by atoms with Gasteiger partial charge in [0.25, 0.3) is 5.56 Å². The van der Waals surface area contributed by atoms with Crippen LogP contribution in [0.25, 0.3) is 10.9 Å². The van der Waals surface area contributed by atoms with E-state index in [4.69, 9.17) is 4.74 Å². The molecule has 4 rings (SSSR count). The molecule has 0 N–H and O–H groups in total. The second-order valence-corrected chi connectivity index (χ2v) is 7.82. The van der Waals surface area contributed by atoms with Gasteiger partial charge in [-0.3, -0.25) is 14.2 Å². The monoisotopic (exact) mass is 405 g/mol. The number of ether oxygens (including phenoxy) is 1. The van der Waals surface area contributed by atoms with Gasteiger partial charge >= 0.3 is 0 Å². The van der Waals surface area contributed by atoms with E-state index in [1.165, 1.54) is 5.56 Å². The number of methoxy groups -OCH3 is 1. The number of aromatic nitrogens is 2. The molecule has 2 heterocycles. The van der Waals surface area contributed by atoms with E-state index < -0.39 is 0 Å². The summed E-state index contributed by atoms with van der Waals surface area (Å²) in [5.74, 6) is 1.26. The molecule has 1 aliphatic rings. The molecule has 0 saturated carbocycles. The van der Waals surface area contributed by atoms with Crippen LogP contribution in [0, 0.1) is 0 Å². The van der Waals surface area contributed by atoms with Crippen LogP contribution in [0.4, 0.5) is 0 Å². The number of carbonyl (C=O) groups excluding carboxylic acids is 1. The number of aryl methyl sites for hydroxylation is 1. The van der Waals surface area contributed by atoms with Crippen LogP contribution >= 0.6 is 0 Å². The molecule has 1 fully saturated rings. The SMILES string of the molecule is COc1ccc(C2CCCCN(C(=O)CCn3cnc4ccccc4c3=O)C2)cc1. The average Bonchev–Trinajstić information content (AvgIpc) is 3.05. The van der Waals surface area contributed by atoms with E-state index in [1.807, 2.05) is 35.2 Å². The Morgan fingerprint density at radius 3 is 2.73 bits per heavy atom. The Hall–Kier alpha value is -3.15. The van der Waals surface area contributed by atoms with Crippen LogP contribution in [0.5, 0.6) is 5.75 Å². The predicted molar refractivity (Wildman–Crippen MR) is 117 cm³/mol. The first-order chi connectivity index (χ1) is 14.7. The van der Waals surface area contributed by atoms with Crippen molar-refractivity contribution < 1.29 is 9.53 Å². The van der Waals surface area contributed by atoms with Gasteiger partial charge in [0, 0.05) is 32.0 Å². The zero-order valence-electron chi connectivity index (χ0n) is 17.3. The molecule has 1 aliphatic heterocycles. The minimum absolute atomic E-state index is 0.0930. The van der Waals surface area contributed by atoms with Crippen LogP contribution in [0.2, 0.25) is 0 Å². The summed E-state index contributed by atoms with van der Waals surface area (Å²) in [5, 5.41) is 0.585. The van der Waals surface area contributed by atoms with Gasteiger partial charge in [0.1, 0.15) is 5.75 Å². The number of fused-ring (bicyclic) bond motifs is 1. The zero-order valence-corrected chi connectivity index (χ0v) is 17.3. The smallest absolute Gasteiger partial charge is 0.261 e. The molecule has 1 aromatic heterocycles. The zero-order chi connectivity index (χ0) is 20.9. The third-order valence-corrected chi connectivity index (χ3v) is 5.91. The van der Waals surface area contributed by atoms with Gasteiger partial charge in [0.2, 0.25) is 5.91 Å². The van der Waals surface area contributed by atoms with Gasteiger partial charge in [-0.1, -0.05) is 30.7 Å². The van der Waals surface area contributed by atoms with E-state index in [0.29, 0.717) is 29.8 Å². The molecule has 0 radical (unpaired) electrons. The minimum Gasteiger partial charge on any atom is -0.497 e.